The van der Waals surface area contributed by atoms with Crippen molar-refractivity contribution in [3.05, 3.63) is 29.5 Å². The van der Waals surface area contributed by atoms with Gasteiger partial charge in [-0.05, 0) is 51.2 Å². The fourth-order valence-corrected chi connectivity index (χ4v) is 3.84. The van der Waals surface area contributed by atoms with Gasteiger partial charge in [-0.1, -0.05) is 13.0 Å². The molecule has 7 nitrogen and oxygen atoms in total. The molecule has 0 atom stereocenters. The lowest BCUT2D eigenvalue weighted by atomic mass is 9.92. The van der Waals surface area contributed by atoms with Gasteiger partial charge in [0.2, 0.25) is 5.91 Å². The van der Waals surface area contributed by atoms with Gasteiger partial charge >= 0.3 is 5.97 Å². The number of carboxylic acid groups (broad SMARTS) is 1. The molecule has 0 saturated heterocycles. The summed E-state index contributed by atoms with van der Waals surface area (Å²) in [5.41, 5.74) is 7.40. The standard InChI is InChI=1S/C21H27N3O4/c1-3-5-17(25)24-13-8-10-14(11-9-13)28-16-7-4-6-15-19(16)20(22)18(21(26)27)12(2)23-15/h4,6-7,13-14H,3,5,8-11H2,1-2H3,(H2,22,23)(H,24,25)(H,26,27)/t13-,14-. The van der Waals surface area contributed by atoms with E-state index in [1.165, 1.54) is 0 Å². The molecule has 1 aromatic heterocycles. The highest BCUT2D eigenvalue weighted by atomic mass is 16.5. The van der Waals surface area contributed by atoms with Crippen LogP contribution in [0.5, 0.6) is 5.75 Å². The third-order valence-corrected chi connectivity index (χ3v) is 5.22. The normalized spacial score (nSPS) is 19.4. The predicted molar refractivity (Wildman–Crippen MR) is 108 cm³/mol. The zero-order chi connectivity index (χ0) is 20.3. The number of aryl methyl sites for hydroxylation is 1. The molecule has 3 rings (SSSR count). The summed E-state index contributed by atoms with van der Waals surface area (Å²) in [5.74, 6) is -0.428. The highest BCUT2D eigenvalue weighted by molar-refractivity contribution is 6.06. The number of pyridine rings is 1. The maximum Gasteiger partial charge on any atom is 0.339 e. The van der Waals surface area contributed by atoms with Gasteiger partial charge in [0.05, 0.1) is 28.4 Å². The van der Waals surface area contributed by atoms with Crippen LogP contribution in [0, 0.1) is 6.92 Å². The van der Waals surface area contributed by atoms with Crippen molar-refractivity contribution in [1.29, 1.82) is 0 Å². The summed E-state index contributed by atoms with van der Waals surface area (Å²) >= 11 is 0. The lowest BCUT2D eigenvalue weighted by Gasteiger charge is -2.30. The highest BCUT2D eigenvalue weighted by Crippen LogP contribution is 2.35. The number of carboxylic acids is 1. The van der Waals surface area contributed by atoms with Crippen molar-refractivity contribution in [3.8, 4) is 5.75 Å². The van der Waals surface area contributed by atoms with Gasteiger partial charge in [-0.3, -0.25) is 9.78 Å². The van der Waals surface area contributed by atoms with E-state index >= 15 is 0 Å². The van der Waals surface area contributed by atoms with Crippen LogP contribution in [0.3, 0.4) is 0 Å². The Labute approximate surface area is 164 Å². The fourth-order valence-electron chi connectivity index (χ4n) is 3.84. The van der Waals surface area contributed by atoms with Crippen molar-refractivity contribution in [2.75, 3.05) is 5.73 Å². The molecule has 2 aromatic rings. The van der Waals surface area contributed by atoms with Crippen LogP contribution in [0.4, 0.5) is 5.69 Å². The number of fused-ring (bicyclic) bond motifs is 1. The van der Waals surface area contributed by atoms with Gasteiger partial charge in [-0.2, -0.15) is 0 Å². The van der Waals surface area contributed by atoms with Crippen LogP contribution in [-0.2, 0) is 4.79 Å². The molecular formula is C21H27N3O4. The number of ether oxygens (including phenoxy) is 1. The molecule has 7 heteroatoms. The van der Waals surface area contributed by atoms with Gasteiger partial charge in [-0.25, -0.2) is 4.79 Å². The number of aromatic nitrogens is 1. The summed E-state index contributed by atoms with van der Waals surface area (Å²) < 4.78 is 6.20. The van der Waals surface area contributed by atoms with Crippen molar-refractivity contribution < 1.29 is 19.4 Å². The molecule has 1 aromatic carbocycles. The second-order valence-electron chi connectivity index (χ2n) is 7.35. The van der Waals surface area contributed by atoms with Crippen molar-refractivity contribution in [1.82, 2.24) is 10.3 Å². The average Bonchev–Trinajstić information content (AvgIpc) is 2.63. The number of nitrogens with two attached hydrogens (primary N) is 1. The monoisotopic (exact) mass is 385 g/mol. The number of nitrogen functional groups attached to an aromatic ring is 1. The van der Waals surface area contributed by atoms with Gasteiger partial charge in [0.1, 0.15) is 11.3 Å². The van der Waals surface area contributed by atoms with E-state index in [9.17, 15) is 14.7 Å². The van der Waals surface area contributed by atoms with E-state index in [-0.39, 0.29) is 29.3 Å². The Hall–Kier alpha value is -2.83. The zero-order valence-corrected chi connectivity index (χ0v) is 16.3. The minimum Gasteiger partial charge on any atom is -0.490 e. The second kappa shape index (κ2) is 8.46. The van der Waals surface area contributed by atoms with E-state index in [4.69, 9.17) is 10.5 Å². The average molecular weight is 385 g/mol. The van der Waals surface area contributed by atoms with Crippen LogP contribution in [-0.4, -0.2) is 34.1 Å². The predicted octanol–water partition coefficient (Wildman–Crippen LogP) is 3.43. The first-order valence-corrected chi connectivity index (χ1v) is 9.78. The summed E-state index contributed by atoms with van der Waals surface area (Å²) in [7, 11) is 0. The molecule has 1 aliphatic rings. The summed E-state index contributed by atoms with van der Waals surface area (Å²) in [5, 5.41) is 13.1. The lowest BCUT2D eigenvalue weighted by molar-refractivity contribution is -0.122. The Morgan fingerprint density at radius 3 is 2.64 bits per heavy atom. The van der Waals surface area contributed by atoms with Gasteiger partial charge < -0.3 is 20.9 Å². The largest absolute Gasteiger partial charge is 0.490 e. The van der Waals surface area contributed by atoms with E-state index < -0.39 is 5.97 Å². The molecule has 0 bridgehead atoms. The second-order valence-corrected chi connectivity index (χ2v) is 7.35. The molecule has 150 valence electrons. The minimum atomic E-state index is -1.09. The number of benzene rings is 1. The van der Waals surface area contributed by atoms with Crippen molar-refractivity contribution in [2.45, 2.75) is 64.5 Å². The first-order valence-electron chi connectivity index (χ1n) is 9.78. The fraction of sp³-hybridized carbons (Fsp3) is 0.476. The van der Waals surface area contributed by atoms with Gasteiger partial charge in [0, 0.05) is 12.5 Å². The third-order valence-electron chi connectivity index (χ3n) is 5.22. The SMILES string of the molecule is CCCC(=O)N[C@H]1CC[C@H](Oc2cccc3nc(C)c(C(=O)O)c(N)c23)CC1. The van der Waals surface area contributed by atoms with Crippen molar-refractivity contribution >= 4 is 28.5 Å². The molecule has 4 N–H and O–H groups in total. The number of hydrogen-bond donors (Lipinski definition) is 3. The smallest absolute Gasteiger partial charge is 0.339 e. The number of amides is 1. The topological polar surface area (TPSA) is 115 Å². The quantitative estimate of drug-likeness (QED) is 0.702. The molecule has 1 aliphatic carbocycles. The minimum absolute atomic E-state index is 0.00101. The molecule has 28 heavy (non-hydrogen) atoms. The molecule has 0 unspecified atom stereocenters. The highest BCUT2D eigenvalue weighted by Gasteiger charge is 2.25. The number of carbonyl (C=O) groups excluding carboxylic acids is 1. The maximum atomic E-state index is 11.8. The van der Waals surface area contributed by atoms with E-state index in [0.29, 0.717) is 28.8 Å². The van der Waals surface area contributed by atoms with Crippen LogP contribution < -0.4 is 15.8 Å². The molecule has 1 amide bonds. The summed E-state index contributed by atoms with van der Waals surface area (Å²) in [6.07, 6.45) is 4.76. The number of carbonyl (C=O) groups is 2. The molecule has 0 radical (unpaired) electrons. The van der Waals surface area contributed by atoms with Gasteiger partial charge in [-0.15, -0.1) is 0 Å². The number of hydrogen-bond acceptors (Lipinski definition) is 5. The third kappa shape index (κ3) is 4.18. The first-order chi connectivity index (χ1) is 13.4. The number of anilines is 1. The lowest BCUT2D eigenvalue weighted by Crippen LogP contribution is -2.39. The molecule has 0 spiro atoms. The summed E-state index contributed by atoms with van der Waals surface area (Å²) in [6.45, 7) is 3.63. The Bertz CT molecular complexity index is 889. The number of rotatable bonds is 6. The number of aromatic carboxylic acids is 1. The van der Waals surface area contributed by atoms with Crippen LogP contribution in [0.25, 0.3) is 10.9 Å². The Kier molecular flexibility index (Phi) is 6.02. The molecule has 1 fully saturated rings. The molecule has 0 aliphatic heterocycles. The van der Waals surface area contributed by atoms with Gasteiger partial charge in [0.15, 0.2) is 0 Å². The summed E-state index contributed by atoms with van der Waals surface area (Å²) in [6, 6.07) is 5.63. The van der Waals surface area contributed by atoms with E-state index in [1.807, 2.05) is 13.0 Å². The van der Waals surface area contributed by atoms with Crippen molar-refractivity contribution in [3.63, 3.8) is 0 Å². The molecule has 1 heterocycles. The van der Waals surface area contributed by atoms with E-state index in [1.54, 1.807) is 19.1 Å². The summed E-state index contributed by atoms with van der Waals surface area (Å²) in [4.78, 5) is 27.7. The van der Waals surface area contributed by atoms with Crippen LogP contribution >= 0.6 is 0 Å². The van der Waals surface area contributed by atoms with E-state index in [0.717, 1.165) is 32.1 Å². The van der Waals surface area contributed by atoms with Crippen LogP contribution in [0.1, 0.15) is 61.5 Å². The van der Waals surface area contributed by atoms with Gasteiger partial charge in [0.25, 0.3) is 0 Å². The Balaban J connectivity index is 1.76. The first kappa shape index (κ1) is 19.9. The molecule has 1 saturated carbocycles. The van der Waals surface area contributed by atoms with Crippen LogP contribution in [0.15, 0.2) is 18.2 Å². The zero-order valence-electron chi connectivity index (χ0n) is 16.3. The number of nitrogens with one attached hydrogen (secondary N) is 1. The van der Waals surface area contributed by atoms with Crippen LogP contribution in [0.2, 0.25) is 0 Å². The van der Waals surface area contributed by atoms with E-state index in [2.05, 4.69) is 10.3 Å². The molecular weight excluding hydrogens is 358 g/mol. The number of nitrogens with zero attached hydrogens (tertiary/aromatic N) is 1. The maximum absolute atomic E-state index is 11.8. The Morgan fingerprint density at radius 1 is 1.29 bits per heavy atom. The Morgan fingerprint density at radius 2 is 2.00 bits per heavy atom. The van der Waals surface area contributed by atoms with Crippen molar-refractivity contribution in [2.24, 2.45) is 0 Å².